The molecule has 1 N–H and O–H groups in total. The Morgan fingerprint density at radius 2 is 2.35 bits per heavy atom. The summed E-state index contributed by atoms with van der Waals surface area (Å²) in [6, 6.07) is 0.393. The monoisotopic (exact) mass is 281 g/mol. The van der Waals surface area contributed by atoms with Gasteiger partial charge in [0.25, 0.3) is 0 Å². The van der Waals surface area contributed by atoms with Crippen molar-refractivity contribution >= 4 is 5.97 Å². The van der Waals surface area contributed by atoms with E-state index in [-0.39, 0.29) is 6.61 Å². The maximum absolute atomic E-state index is 11.7. The van der Waals surface area contributed by atoms with E-state index in [0.29, 0.717) is 19.0 Å². The van der Waals surface area contributed by atoms with Crippen LogP contribution in [-0.2, 0) is 16.1 Å². The Balaban J connectivity index is 1.81. The van der Waals surface area contributed by atoms with Crippen molar-refractivity contribution in [2.75, 3.05) is 20.3 Å². The summed E-state index contributed by atoms with van der Waals surface area (Å²) in [5, 5.41) is 21.4. The van der Waals surface area contributed by atoms with Gasteiger partial charge < -0.3 is 9.84 Å². The highest BCUT2D eigenvalue weighted by Crippen LogP contribution is 2.36. The number of carboxylic acid groups (broad SMARTS) is 1. The molecule has 3 rings (SSSR count). The second-order valence-electron chi connectivity index (χ2n) is 5.57. The Hall–Kier alpha value is -1.54. The summed E-state index contributed by atoms with van der Waals surface area (Å²) >= 11 is 0. The molecule has 1 aliphatic carbocycles. The Labute approximate surface area is 116 Å². The number of aromatic nitrogens is 4. The van der Waals surface area contributed by atoms with Crippen molar-refractivity contribution in [1.29, 1.82) is 0 Å². The Bertz CT molecular complexity index is 501. The summed E-state index contributed by atoms with van der Waals surface area (Å²) in [6.45, 7) is 1.37. The highest BCUT2D eigenvalue weighted by Gasteiger charge is 2.48. The van der Waals surface area contributed by atoms with E-state index in [1.807, 2.05) is 9.58 Å². The summed E-state index contributed by atoms with van der Waals surface area (Å²) in [4.78, 5) is 13.6. The van der Waals surface area contributed by atoms with Crippen molar-refractivity contribution in [3.63, 3.8) is 0 Å². The van der Waals surface area contributed by atoms with Gasteiger partial charge in [0.15, 0.2) is 5.82 Å². The second-order valence-corrected chi connectivity index (χ2v) is 5.57. The van der Waals surface area contributed by atoms with Crippen LogP contribution in [0.25, 0.3) is 0 Å². The standard InChI is InChI=1S/C12H19N5O3/c1-20-8-12(11(18)19)5-2-6-16(12)7-10-13-14-15-17(10)9-3-4-9/h9H,2-8H2,1H3,(H,18,19). The lowest BCUT2D eigenvalue weighted by Gasteiger charge is -2.33. The molecule has 2 aliphatic rings. The molecule has 110 valence electrons. The van der Waals surface area contributed by atoms with E-state index in [4.69, 9.17) is 4.74 Å². The molecule has 2 heterocycles. The van der Waals surface area contributed by atoms with Crippen molar-refractivity contribution in [1.82, 2.24) is 25.1 Å². The number of aliphatic carboxylic acids is 1. The predicted octanol–water partition coefficient (Wildman–Crippen LogP) is 0.0736. The largest absolute Gasteiger partial charge is 0.480 e. The van der Waals surface area contributed by atoms with Crippen LogP contribution in [0.4, 0.5) is 0 Å². The molecule has 2 fully saturated rings. The lowest BCUT2D eigenvalue weighted by molar-refractivity contribution is -0.153. The van der Waals surface area contributed by atoms with E-state index in [1.165, 1.54) is 7.11 Å². The Morgan fingerprint density at radius 1 is 1.55 bits per heavy atom. The molecule has 8 nitrogen and oxygen atoms in total. The number of hydrogen-bond acceptors (Lipinski definition) is 6. The van der Waals surface area contributed by atoms with E-state index in [9.17, 15) is 9.90 Å². The lowest BCUT2D eigenvalue weighted by atomic mass is 9.97. The third-order valence-corrected chi connectivity index (χ3v) is 4.19. The average Bonchev–Trinajstić information content (AvgIpc) is 3.02. The molecule has 1 atom stereocenters. The molecule has 1 saturated heterocycles. The molecule has 1 aromatic rings. The molecule has 20 heavy (non-hydrogen) atoms. The molecule has 8 heteroatoms. The van der Waals surface area contributed by atoms with Crippen LogP contribution in [0.3, 0.4) is 0 Å². The minimum Gasteiger partial charge on any atom is -0.480 e. The molecule has 0 radical (unpaired) electrons. The van der Waals surface area contributed by atoms with Crippen molar-refractivity contribution < 1.29 is 14.6 Å². The summed E-state index contributed by atoms with van der Waals surface area (Å²) in [7, 11) is 1.54. The van der Waals surface area contributed by atoms with Crippen LogP contribution in [0.15, 0.2) is 0 Å². The summed E-state index contributed by atoms with van der Waals surface area (Å²) in [5.41, 5.74) is -0.949. The first-order valence-corrected chi connectivity index (χ1v) is 6.91. The van der Waals surface area contributed by atoms with Gasteiger partial charge in [-0.15, -0.1) is 5.10 Å². The van der Waals surface area contributed by atoms with E-state index >= 15 is 0 Å². The van der Waals surface area contributed by atoms with Crippen LogP contribution in [0, 0.1) is 0 Å². The van der Waals surface area contributed by atoms with E-state index in [2.05, 4.69) is 15.5 Å². The molecule has 1 aromatic heterocycles. The fraction of sp³-hybridized carbons (Fsp3) is 0.833. The molecule has 0 amide bonds. The highest BCUT2D eigenvalue weighted by molar-refractivity contribution is 5.79. The summed E-state index contributed by atoms with van der Waals surface area (Å²) < 4.78 is 6.98. The minimum atomic E-state index is -0.949. The topological polar surface area (TPSA) is 93.4 Å². The Morgan fingerprint density at radius 3 is 3.00 bits per heavy atom. The number of likely N-dealkylation sites (tertiary alicyclic amines) is 1. The van der Waals surface area contributed by atoms with Gasteiger partial charge in [-0.05, 0) is 42.7 Å². The van der Waals surface area contributed by atoms with Crippen LogP contribution in [-0.4, -0.2) is 62.0 Å². The number of carboxylic acids is 1. The van der Waals surface area contributed by atoms with E-state index in [1.54, 1.807) is 0 Å². The lowest BCUT2D eigenvalue weighted by Crippen LogP contribution is -2.53. The Kier molecular flexibility index (Phi) is 3.43. The average molecular weight is 281 g/mol. The third-order valence-electron chi connectivity index (χ3n) is 4.19. The highest BCUT2D eigenvalue weighted by atomic mass is 16.5. The predicted molar refractivity (Wildman–Crippen MR) is 68.0 cm³/mol. The number of methoxy groups -OCH3 is 1. The van der Waals surface area contributed by atoms with Gasteiger partial charge >= 0.3 is 5.97 Å². The van der Waals surface area contributed by atoms with Crippen LogP contribution in [0.5, 0.6) is 0 Å². The van der Waals surface area contributed by atoms with E-state index < -0.39 is 11.5 Å². The van der Waals surface area contributed by atoms with Crippen molar-refractivity contribution in [2.24, 2.45) is 0 Å². The van der Waals surface area contributed by atoms with Crippen molar-refractivity contribution in [3.05, 3.63) is 5.82 Å². The summed E-state index contributed by atoms with van der Waals surface area (Å²) in [6.07, 6.45) is 3.64. The fourth-order valence-corrected chi connectivity index (χ4v) is 2.96. The molecule has 1 saturated carbocycles. The van der Waals surface area contributed by atoms with Gasteiger partial charge in [-0.25, -0.2) is 4.68 Å². The molecule has 1 aliphatic heterocycles. The van der Waals surface area contributed by atoms with Gasteiger partial charge in [0.05, 0.1) is 19.2 Å². The second kappa shape index (κ2) is 5.10. The van der Waals surface area contributed by atoms with Gasteiger partial charge in [-0.1, -0.05) is 0 Å². The first-order chi connectivity index (χ1) is 9.67. The maximum Gasteiger partial charge on any atom is 0.326 e. The number of rotatable bonds is 6. The van der Waals surface area contributed by atoms with Gasteiger partial charge in [0.2, 0.25) is 0 Å². The van der Waals surface area contributed by atoms with Crippen LogP contribution >= 0.6 is 0 Å². The molecular formula is C12H19N5O3. The van der Waals surface area contributed by atoms with Crippen LogP contribution < -0.4 is 0 Å². The zero-order valence-electron chi connectivity index (χ0n) is 11.5. The smallest absolute Gasteiger partial charge is 0.326 e. The fourth-order valence-electron chi connectivity index (χ4n) is 2.96. The van der Waals surface area contributed by atoms with E-state index in [0.717, 1.165) is 31.6 Å². The molecule has 1 unspecified atom stereocenters. The quantitative estimate of drug-likeness (QED) is 0.788. The van der Waals surface area contributed by atoms with Crippen LogP contribution in [0.2, 0.25) is 0 Å². The molecule has 0 aromatic carbocycles. The SMILES string of the molecule is COCC1(C(=O)O)CCCN1Cc1nnnn1C1CC1. The number of nitrogens with zero attached hydrogens (tertiary/aromatic N) is 5. The van der Waals surface area contributed by atoms with Crippen molar-refractivity contribution in [2.45, 2.75) is 43.8 Å². The number of tetrazole rings is 1. The summed E-state index contributed by atoms with van der Waals surface area (Å²) in [5.74, 6) is -0.0848. The maximum atomic E-state index is 11.7. The molecule has 0 spiro atoms. The first-order valence-electron chi connectivity index (χ1n) is 6.91. The normalized spacial score (nSPS) is 27.1. The number of ether oxygens (including phenoxy) is 1. The molecular weight excluding hydrogens is 262 g/mol. The van der Waals surface area contributed by atoms with Gasteiger partial charge in [0, 0.05) is 7.11 Å². The molecule has 0 bridgehead atoms. The third kappa shape index (κ3) is 2.18. The van der Waals surface area contributed by atoms with Crippen molar-refractivity contribution in [3.8, 4) is 0 Å². The zero-order valence-corrected chi connectivity index (χ0v) is 11.5. The van der Waals surface area contributed by atoms with Gasteiger partial charge in [-0.2, -0.15) is 0 Å². The zero-order chi connectivity index (χ0) is 14.2. The van der Waals surface area contributed by atoms with Gasteiger partial charge in [0.1, 0.15) is 5.54 Å². The van der Waals surface area contributed by atoms with Crippen LogP contribution in [0.1, 0.15) is 37.5 Å². The first kappa shape index (κ1) is 13.4. The number of carbonyl (C=O) groups is 1. The number of hydrogen-bond donors (Lipinski definition) is 1. The van der Waals surface area contributed by atoms with Gasteiger partial charge in [-0.3, -0.25) is 9.69 Å². The minimum absolute atomic E-state index is 0.188.